The SMILES string of the molecule is CC(C(=O)c1ccccc1)C(c1ccccc1)N1CCCCC1. The molecule has 0 aromatic heterocycles. The van der Waals surface area contributed by atoms with Crippen molar-refractivity contribution in [3.63, 3.8) is 0 Å². The maximum Gasteiger partial charge on any atom is 0.167 e. The summed E-state index contributed by atoms with van der Waals surface area (Å²) >= 11 is 0. The third-order valence-corrected chi connectivity index (χ3v) is 4.87. The van der Waals surface area contributed by atoms with Gasteiger partial charge in [-0.15, -0.1) is 0 Å². The molecular weight excluding hydrogens is 282 g/mol. The fourth-order valence-electron chi connectivity index (χ4n) is 3.67. The average molecular weight is 307 g/mol. The molecular formula is C21H25NO. The highest BCUT2D eigenvalue weighted by Gasteiger charge is 2.31. The Kier molecular flexibility index (Phi) is 5.24. The number of benzene rings is 2. The fourth-order valence-corrected chi connectivity index (χ4v) is 3.67. The highest BCUT2D eigenvalue weighted by atomic mass is 16.1. The van der Waals surface area contributed by atoms with E-state index in [0.29, 0.717) is 0 Å². The standard InChI is InChI=1S/C21H25NO/c1-17(21(23)19-13-7-3-8-14-19)20(18-11-5-2-6-12-18)22-15-9-4-10-16-22/h2-3,5-8,11-14,17,20H,4,9-10,15-16H2,1H3. The van der Waals surface area contributed by atoms with Gasteiger partial charge in [0.15, 0.2) is 5.78 Å². The second-order valence-electron chi connectivity index (χ2n) is 6.47. The van der Waals surface area contributed by atoms with Crippen LogP contribution in [0.2, 0.25) is 0 Å². The molecule has 1 aliphatic heterocycles. The number of ketones is 1. The van der Waals surface area contributed by atoms with Crippen LogP contribution in [0.4, 0.5) is 0 Å². The number of carbonyl (C=O) groups is 1. The lowest BCUT2D eigenvalue weighted by atomic mass is 9.86. The molecule has 2 aromatic rings. The molecule has 23 heavy (non-hydrogen) atoms. The van der Waals surface area contributed by atoms with E-state index in [2.05, 4.69) is 36.1 Å². The van der Waals surface area contributed by atoms with Crippen molar-refractivity contribution in [1.82, 2.24) is 4.90 Å². The van der Waals surface area contributed by atoms with E-state index in [-0.39, 0.29) is 17.7 Å². The molecule has 0 N–H and O–H groups in total. The van der Waals surface area contributed by atoms with Crippen molar-refractivity contribution in [1.29, 1.82) is 0 Å². The Balaban J connectivity index is 1.89. The van der Waals surface area contributed by atoms with Gasteiger partial charge in [-0.05, 0) is 31.5 Å². The molecule has 0 bridgehead atoms. The molecule has 2 heteroatoms. The number of nitrogens with zero attached hydrogens (tertiary/aromatic N) is 1. The van der Waals surface area contributed by atoms with Crippen LogP contribution in [0, 0.1) is 5.92 Å². The number of likely N-dealkylation sites (tertiary alicyclic amines) is 1. The number of rotatable bonds is 5. The summed E-state index contributed by atoms with van der Waals surface area (Å²) in [5, 5.41) is 0. The Morgan fingerprint density at radius 1 is 0.870 bits per heavy atom. The monoisotopic (exact) mass is 307 g/mol. The van der Waals surface area contributed by atoms with Crippen LogP contribution in [0.1, 0.15) is 48.1 Å². The average Bonchev–Trinajstić information content (AvgIpc) is 2.64. The zero-order valence-electron chi connectivity index (χ0n) is 13.8. The van der Waals surface area contributed by atoms with Crippen LogP contribution in [0.3, 0.4) is 0 Å². The van der Waals surface area contributed by atoms with Gasteiger partial charge in [0.05, 0.1) is 0 Å². The van der Waals surface area contributed by atoms with Crippen molar-refractivity contribution in [2.45, 2.75) is 32.2 Å². The van der Waals surface area contributed by atoms with Gasteiger partial charge < -0.3 is 0 Å². The van der Waals surface area contributed by atoms with E-state index in [1.165, 1.54) is 24.8 Å². The third-order valence-electron chi connectivity index (χ3n) is 4.87. The quantitative estimate of drug-likeness (QED) is 0.744. The van der Waals surface area contributed by atoms with Crippen molar-refractivity contribution in [3.05, 3.63) is 71.8 Å². The van der Waals surface area contributed by atoms with Crippen molar-refractivity contribution in [2.75, 3.05) is 13.1 Å². The maximum atomic E-state index is 13.0. The first-order chi connectivity index (χ1) is 11.3. The highest BCUT2D eigenvalue weighted by Crippen LogP contribution is 2.33. The van der Waals surface area contributed by atoms with Crippen LogP contribution >= 0.6 is 0 Å². The smallest absolute Gasteiger partial charge is 0.167 e. The largest absolute Gasteiger partial charge is 0.296 e. The molecule has 3 rings (SSSR count). The predicted octanol–water partition coefficient (Wildman–Crippen LogP) is 4.73. The molecule has 0 amide bonds. The van der Waals surface area contributed by atoms with Crippen LogP contribution in [0.25, 0.3) is 0 Å². The predicted molar refractivity (Wildman–Crippen MR) is 94.5 cm³/mol. The van der Waals surface area contributed by atoms with Gasteiger partial charge >= 0.3 is 0 Å². The summed E-state index contributed by atoms with van der Waals surface area (Å²) in [6.45, 7) is 4.26. The lowest BCUT2D eigenvalue weighted by Crippen LogP contribution is -2.39. The number of hydrogen-bond donors (Lipinski definition) is 0. The van der Waals surface area contributed by atoms with Crippen molar-refractivity contribution >= 4 is 5.78 Å². The lowest BCUT2D eigenvalue weighted by Gasteiger charge is -2.38. The summed E-state index contributed by atoms with van der Waals surface area (Å²) in [7, 11) is 0. The molecule has 1 aliphatic rings. The van der Waals surface area contributed by atoms with Gasteiger partial charge in [-0.25, -0.2) is 0 Å². The van der Waals surface area contributed by atoms with E-state index in [9.17, 15) is 4.79 Å². The number of Topliss-reactive ketones (excluding diaryl/α,β-unsaturated/α-hetero) is 1. The number of hydrogen-bond acceptors (Lipinski definition) is 2. The minimum atomic E-state index is -0.0436. The molecule has 2 aromatic carbocycles. The van der Waals surface area contributed by atoms with E-state index in [0.717, 1.165) is 18.7 Å². The van der Waals surface area contributed by atoms with Crippen LogP contribution < -0.4 is 0 Å². The van der Waals surface area contributed by atoms with Crippen LogP contribution in [0.15, 0.2) is 60.7 Å². The molecule has 0 spiro atoms. The second kappa shape index (κ2) is 7.56. The van der Waals surface area contributed by atoms with E-state index in [4.69, 9.17) is 0 Å². The lowest BCUT2D eigenvalue weighted by molar-refractivity contribution is 0.0756. The summed E-state index contributed by atoms with van der Waals surface area (Å²) in [6, 6.07) is 20.4. The summed E-state index contributed by atoms with van der Waals surface area (Å²) in [4.78, 5) is 15.5. The molecule has 1 saturated heterocycles. The maximum absolute atomic E-state index is 13.0. The van der Waals surface area contributed by atoms with Gasteiger partial charge in [0, 0.05) is 17.5 Å². The Hall–Kier alpha value is -1.93. The van der Waals surface area contributed by atoms with Gasteiger partial charge in [-0.1, -0.05) is 74.0 Å². The van der Waals surface area contributed by atoms with Crippen molar-refractivity contribution < 1.29 is 4.79 Å². The fraction of sp³-hybridized carbons (Fsp3) is 0.381. The molecule has 1 heterocycles. The highest BCUT2D eigenvalue weighted by molar-refractivity contribution is 5.98. The minimum Gasteiger partial charge on any atom is -0.296 e. The molecule has 2 nitrogen and oxygen atoms in total. The molecule has 120 valence electrons. The third kappa shape index (κ3) is 3.70. The summed E-state index contributed by atoms with van der Waals surface area (Å²) in [5.74, 6) is 0.197. The van der Waals surface area contributed by atoms with Crippen LogP contribution in [-0.2, 0) is 0 Å². The molecule has 0 saturated carbocycles. The van der Waals surface area contributed by atoms with Crippen molar-refractivity contribution in [2.24, 2.45) is 5.92 Å². The first-order valence-electron chi connectivity index (χ1n) is 8.65. The molecule has 1 fully saturated rings. The van der Waals surface area contributed by atoms with Gasteiger partial charge in [-0.2, -0.15) is 0 Å². The van der Waals surface area contributed by atoms with E-state index in [1.54, 1.807) is 0 Å². The molecule has 2 atom stereocenters. The Morgan fingerprint density at radius 2 is 1.43 bits per heavy atom. The number of carbonyl (C=O) groups excluding carboxylic acids is 1. The van der Waals surface area contributed by atoms with Gasteiger partial charge in [0.1, 0.15) is 0 Å². The second-order valence-corrected chi connectivity index (χ2v) is 6.47. The van der Waals surface area contributed by atoms with Gasteiger partial charge in [-0.3, -0.25) is 9.69 Å². The van der Waals surface area contributed by atoms with Crippen LogP contribution in [-0.4, -0.2) is 23.8 Å². The number of piperidine rings is 1. The molecule has 0 aliphatic carbocycles. The summed E-state index contributed by atoms with van der Waals surface area (Å²) in [5.41, 5.74) is 2.07. The Morgan fingerprint density at radius 3 is 2.04 bits per heavy atom. The zero-order chi connectivity index (χ0) is 16.1. The molecule has 2 unspecified atom stereocenters. The topological polar surface area (TPSA) is 20.3 Å². The summed E-state index contributed by atoms with van der Waals surface area (Å²) < 4.78 is 0. The molecule has 0 radical (unpaired) electrons. The minimum absolute atomic E-state index is 0.0436. The zero-order valence-corrected chi connectivity index (χ0v) is 13.8. The Labute approximate surface area is 139 Å². The van der Waals surface area contributed by atoms with E-state index >= 15 is 0 Å². The summed E-state index contributed by atoms with van der Waals surface area (Å²) in [6.07, 6.45) is 3.77. The van der Waals surface area contributed by atoms with Gasteiger partial charge in [0.25, 0.3) is 0 Å². The van der Waals surface area contributed by atoms with Crippen molar-refractivity contribution in [3.8, 4) is 0 Å². The van der Waals surface area contributed by atoms with E-state index < -0.39 is 0 Å². The first kappa shape index (κ1) is 15.9. The first-order valence-corrected chi connectivity index (χ1v) is 8.65. The Bertz CT molecular complexity index is 617. The van der Waals surface area contributed by atoms with E-state index in [1.807, 2.05) is 36.4 Å². The normalized spacial score (nSPS) is 18.3. The van der Waals surface area contributed by atoms with Gasteiger partial charge in [0.2, 0.25) is 0 Å². The van der Waals surface area contributed by atoms with Crippen LogP contribution in [0.5, 0.6) is 0 Å².